The molecule has 0 amide bonds. The van der Waals surface area contributed by atoms with E-state index in [0.29, 0.717) is 18.4 Å². The van der Waals surface area contributed by atoms with Crippen molar-refractivity contribution in [3.8, 4) is 0 Å². The summed E-state index contributed by atoms with van der Waals surface area (Å²) in [6.07, 6.45) is -1.41. The van der Waals surface area contributed by atoms with E-state index in [-0.39, 0.29) is 5.92 Å². The molecule has 0 aliphatic carbocycles. The Morgan fingerprint density at radius 3 is 1.83 bits per heavy atom. The highest BCUT2D eigenvalue weighted by Crippen LogP contribution is 2.20. The molecule has 0 saturated heterocycles. The van der Waals surface area contributed by atoms with E-state index in [1.807, 2.05) is 0 Å². The molecule has 0 aromatic carbocycles. The molecule has 0 saturated carbocycles. The van der Waals surface area contributed by atoms with Crippen LogP contribution in [0.3, 0.4) is 0 Å². The molecule has 1 nitrogen and oxygen atoms in total. The van der Waals surface area contributed by atoms with Gasteiger partial charge in [0.25, 0.3) is 0 Å². The molecule has 110 valence electrons. The van der Waals surface area contributed by atoms with Gasteiger partial charge in [0.1, 0.15) is 6.17 Å². The second-order valence-corrected chi connectivity index (χ2v) is 6.25. The lowest BCUT2D eigenvalue weighted by Gasteiger charge is -2.24. The van der Waals surface area contributed by atoms with Gasteiger partial charge in [-0.05, 0) is 31.1 Å². The molecular formula is C15H30F2O. The highest BCUT2D eigenvalue weighted by atomic mass is 19.2. The van der Waals surface area contributed by atoms with Gasteiger partial charge in [0.15, 0.2) is 6.17 Å². The zero-order valence-corrected chi connectivity index (χ0v) is 12.7. The van der Waals surface area contributed by atoms with Crippen LogP contribution in [-0.4, -0.2) is 25.1 Å². The fraction of sp³-hybridized carbons (Fsp3) is 1.00. The summed E-state index contributed by atoms with van der Waals surface area (Å²) in [7, 11) is 0. The molecule has 18 heavy (non-hydrogen) atoms. The maximum Gasteiger partial charge on any atom is 0.157 e. The third-order valence-electron chi connectivity index (χ3n) is 3.27. The van der Waals surface area contributed by atoms with Gasteiger partial charge in [-0.3, -0.25) is 0 Å². The summed E-state index contributed by atoms with van der Waals surface area (Å²) in [5.74, 6) is 0.776. The molecule has 0 aromatic rings. The van der Waals surface area contributed by atoms with Gasteiger partial charge >= 0.3 is 0 Å². The van der Waals surface area contributed by atoms with Crippen molar-refractivity contribution in [2.75, 3.05) is 6.61 Å². The maximum absolute atomic E-state index is 13.7. The van der Waals surface area contributed by atoms with Crippen LogP contribution in [0, 0.1) is 17.8 Å². The summed E-state index contributed by atoms with van der Waals surface area (Å²) in [6.45, 7) is 12.0. The first-order valence-corrected chi connectivity index (χ1v) is 7.15. The first kappa shape index (κ1) is 17.8. The fourth-order valence-corrected chi connectivity index (χ4v) is 1.74. The number of alkyl halides is 2. The monoisotopic (exact) mass is 264 g/mol. The van der Waals surface area contributed by atoms with Crippen molar-refractivity contribution < 1.29 is 13.5 Å². The third kappa shape index (κ3) is 7.30. The lowest BCUT2D eigenvalue weighted by Crippen LogP contribution is -2.35. The number of halogens is 2. The van der Waals surface area contributed by atoms with E-state index in [4.69, 9.17) is 4.74 Å². The van der Waals surface area contributed by atoms with Crippen molar-refractivity contribution >= 4 is 0 Å². The molecule has 0 aromatic heterocycles. The van der Waals surface area contributed by atoms with Crippen LogP contribution in [0.1, 0.15) is 54.4 Å². The van der Waals surface area contributed by atoms with Crippen molar-refractivity contribution in [2.45, 2.75) is 72.8 Å². The summed E-state index contributed by atoms with van der Waals surface area (Å²) in [5.41, 5.74) is 0. The van der Waals surface area contributed by atoms with Gasteiger partial charge in [0, 0.05) is 6.61 Å². The van der Waals surface area contributed by atoms with Crippen LogP contribution < -0.4 is 0 Å². The quantitative estimate of drug-likeness (QED) is 0.581. The molecule has 0 aliphatic heterocycles. The number of ether oxygens (including phenoxy) is 1. The zero-order valence-electron chi connectivity index (χ0n) is 12.7. The van der Waals surface area contributed by atoms with Crippen LogP contribution in [0.15, 0.2) is 0 Å². The van der Waals surface area contributed by atoms with Gasteiger partial charge < -0.3 is 4.74 Å². The predicted octanol–water partition coefficient (Wildman–Crippen LogP) is 4.80. The van der Waals surface area contributed by atoms with Gasteiger partial charge in [0.05, 0.1) is 6.10 Å². The maximum atomic E-state index is 13.7. The van der Waals surface area contributed by atoms with Gasteiger partial charge in [-0.25, -0.2) is 8.78 Å². The van der Waals surface area contributed by atoms with E-state index in [1.54, 1.807) is 20.8 Å². The van der Waals surface area contributed by atoms with Crippen LogP contribution in [-0.2, 0) is 4.74 Å². The Bertz CT molecular complexity index is 207. The molecule has 0 radical (unpaired) electrons. The van der Waals surface area contributed by atoms with Gasteiger partial charge in [-0.1, -0.05) is 41.0 Å². The zero-order chi connectivity index (χ0) is 14.3. The van der Waals surface area contributed by atoms with Crippen molar-refractivity contribution in [3.63, 3.8) is 0 Å². The Balaban J connectivity index is 3.91. The Morgan fingerprint density at radius 1 is 0.833 bits per heavy atom. The molecule has 0 heterocycles. The molecule has 3 heteroatoms. The summed E-state index contributed by atoms with van der Waals surface area (Å²) in [4.78, 5) is 0. The van der Waals surface area contributed by atoms with E-state index in [1.165, 1.54) is 0 Å². The predicted molar refractivity (Wildman–Crippen MR) is 73.3 cm³/mol. The molecule has 0 fully saturated rings. The number of hydrogen-bond donors (Lipinski definition) is 0. The molecule has 0 bridgehead atoms. The van der Waals surface area contributed by atoms with Crippen molar-refractivity contribution in [1.82, 2.24) is 0 Å². The van der Waals surface area contributed by atoms with Crippen LogP contribution >= 0.6 is 0 Å². The first-order valence-electron chi connectivity index (χ1n) is 7.15. The minimum atomic E-state index is -1.53. The first-order chi connectivity index (χ1) is 8.25. The van der Waals surface area contributed by atoms with E-state index in [2.05, 4.69) is 20.8 Å². The molecule has 0 N–H and O–H groups in total. The summed E-state index contributed by atoms with van der Waals surface area (Å²) < 4.78 is 32.7. The lowest BCUT2D eigenvalue weighted by molar-refractivity contribution is -0.0409. The van der Waals surface area contributed by atoms with Crippen molar-refractivity contribution in [1.29, 1.82) is 0 Å². The second-order valence-electron chi connectivity index (χ2n) is 6.25. The Kier molecular flexibility index (Phi) is 8.75. The Morgan fingerprint density at radius 2 is 1.39 bits per heavy atom. The molecule has 0 rings (SSSR count). The molecular weight excluding hydrogens is 234 g/mol. The minimum absolute atomic E-state index is 0.301. The SMILES string of the molecule is CC(C)CCC(C)COC(C)C(F)C(F)C(C)C. The topological polar surface area (TPSA) is 9.23 Å². The highest BCUT2D eigenvalue weighted by Gasteiger charge is 2.29. The van der Waals surface area contributed by atoms with E-state index in [0.717, 1.165) is 12.8 Å². The largest absolute Gasteiger partial charge is 0.375 e. The lowest BCUT2D eigenvalue weighted by atomic mass is 9.99. The summed E-state index contributed by atoms with van der Waals surface area (Å²) in [6, 6.07) is 0. The number of hydrogen-bond acceptors (Lipinski definition) is 1. The van der Waals surface area contributed by atoms with E-state index >= 15 is 0 Å². The smallest absolute Gasteiger partial charge is 0.157 e. The summed E-state index contributed by atoms with van der Waals surface area (Å²) in [5, 5.41) is 0. The third-order valence-corrected chi connectivity index (χ3v) is 3.27. The van der Waals surface area contributed by atoms with Gasteiger partial charge in [0.2, 0.25) is 0 Å². The molecule has 0 aliphatic rings. The average Bonchev–Trinajstić information content (AvgIpc) is 2.31. The fourth-order valence-electron chi connectivity index (χ4n) is 1.74. The highest BCUT2D eigenvalue weighted by molar-refractivity contribution is 4.77. The van der Waals surface area contributed by atoms with E-state index in [9.17, 15) is 8.78 Å². The minimum Gasteiger partial charge on any atom is -0.375 e. The average molecular weight is 264 g/mol. The van der Waals surface area contributed by atoms with E-state index < -0.39 is 18.4 Å². The molecule has 4 atom stereocenters. The van der Waals surface area contributed by atoms with Gasteiger partial charge in [-0.2, -0.15) is 0 Å². The van der Waals surface area contributed by atoms with Crippen molar-refractivity contribution in [2.24, 2.45) is 17.8 Å². The number of rotatable bonds is 9. The standard InChI is InChI=1S/C15H30F2O/c1-10(2)7-8-12(5)9-18-13(6)15(17)14(16)11(3)4/h10-15H,7-9H2,1-6H3. The molecule has 0 spiro atoms. The van der Waals surface area contributed by atoms with Crippen LogP contribution in [0.4, 0.5) is 8.78 Å². The normalized spacial score (nSPS) is 19.0. The molecule has 4 unspecified atom stereocenters. The van der Waals surface area contributed by atoms with Crippen LogP contribution in [0.5, 0.6) is 0 Å². The van der Waals surface area contributed by atoms with Crippen molar-refractivity contribution in [3.05, 3.63) is 0 Å². The van der Waals surface area contributed by atoms with Crippen LogP contribution in [0.25, 0.3) is 0 Å². The summed E-state index contributed by atoms with van der Waals surface area (Å²) >= 11 is 0. The van der Waals surface area contributed by atoms with Crippen LogP contribution in [0.2, 0.25) is 0 Å². The van der Waals surface area contributed by atoms with Gasteiger partial charge in [-0.15, -0.1) is 0 Å². The Hall–Kier alpha value is -0.180. The second kappa shape index (κ2) is 8.84. The Labute approximate surface area is 111 Å².